The molecule has 2 aromatic rings. The van der Waals surface area contributed by atoms with E-state index in [0.717, 1.165) is 38.8 Å². The van der Waals surface area contributed by atoms with Crippen LogP contribution in [0.4, 0.5) is 0 Å². The van der Waals surface area contributed by atoms with Crippen molar-refractivity contribution in [3.8, 4) is 0 Å². The molecule has 3 heterocycles. The predicted octanol–water partition coefficient (Wildman–Crippen LogP) is 2.62. The first-order valence-electron chi connectivity index (χ1n) is 11.1. The molecular weight excluding hydrogens is 358 g/mol. The molecule has 0 radical (unpaired) electrons. The number of nitrogens with one attached hydrogen (secondary N) is 2. The topological polar surface area (TPSA) is 43.4 Å². The van der Waals surface area contributed by atoms with Gasteiger partial charge < -0.3 is 5.32 Å². The Morgan fingerprint density at radius 2 is 1.97 bits per heavy atom. The minimum absolute atomic E-state index is 0.549. The van der Waals surface area contributed by atoms with Gasteiger partial charge in [-0.3, -0.25) is 20.1 Å². The molecule has 0 aliphatic carbocycles. The maximum absolute atomic E-state index is 4.31. The highest BCUT2D eigenvalue weighted by atomic mass is 15.2. The number of piperidine rings is 1. The molecule has 29 heavy (non-hydrogen) atoms. The molecule has 4 rings (SSSR count). The van der Waals surface area contributed by atoms with Crippen LogP contribution in [0.3, 0.4) is 0 Å². The predicted molar refractivity (Wildman–Crippen MR) is 118 cm³/mol. The second-order valence-electron chi connectivity index (χ2n) is 8.73. The summed E-state index contributed by atoms with van der Waals surface area (Å²) in [6, 6.07) is 13.6. The lowest BCUT2D eigenvalue weighted by molar-refractivity contribution is 0.131. The Hall–Kier alpha value is -1.79. The first-order valence-corrected chi connectivity index (χ1v) is 11.1. The van der Waals surface area contributed by atoms with E-state index in [-0.39, 0.29) is 0 Å². The number of hydrogen-bond donors (Lipinski definition) is 2. The molecule has 2 aliphatic heterocycles. The molecular formula is C24H35N5. The lowest BCUT2D eigenvalue weighted by Gasteiger charge is -2.36. The Bertz CT molecular complexity index is 736. The number of aromatic nitrogens is 1. The molecule has 5 heteroatoms. The summed E-state index contributed by atoms with van der Waals surface area (Å²) < 4.78 is 0. The lowest BCUT2D eigenvalue weighted by Crippen LogP contribution is -2.43. The average molecular weight is 394 g/mol. The van der Waals surface area contributed by atoms with Gasteiger partial charge in [0.1, 0.15) is 0 Å². The van der Waals surface area contributed by atoms with Gasteiger partial charge in [-0.2, -0.15) is 0 Å². The third-order valence-electron chi connectivity index (χ3n) is 6.39. The zero-order valence-corrected chi connectivity index (χ0v) is 17.7. The van der Waals surface area contributed by atoms with Gasteiger partial charge in [-0.15, -0.1) is 0 Å². The van der Waals surface area contributed by atoms with Gasteiger partial charge in [-0.25, -0.2) is 0 Å². The minimum Gasteiger partial charge on any atom is -0.303 e. The third-order valence-corrected chi connectivity index (χ3v) is 6.39. The smallest absolute Gasteiger partial charge is 0.0457 e. The van der Waals surface area contributed by atoms with E-state index in [9.17, 15) is 0 Å². The monoisotopic (exact) mass is 393 g/mol. The van der Waals surface area contributed by atoms with Gasteiger partial charge >= 0.3 is 0 Å². The van der Waals surface area contributed by atoms with Crippen molar-refractivity contribution in [3.05, 3.63) is 65.5 Å². The zero-order valence-electron chi connectivity index (χ0n) is 17.7. The number of likely N-dealkylation sites (tertiary alicyclic amines) is 1. The summed E-state index contributed by atoms with van der Waals surface area (Å²) in [5.41, 5.74) is 4.20. The normalized spacial score (nSPS) is 21.1. The van der Waals surface area contributed by atoms with Crippen LogP contribution in [0.25, 0.3) is 0 Å². The highest BCUT2D eigenvalue weighted by Gasteiger charge is 2.24. The van der Waals surface area contributed by atoms with Crippen LogP contribution in [-0.2, 0) is 13.1 Å². The highest BCUT2D eigenvalue weighted by molar-refractivity contribution is 5.25. The molecule has 0 amide bonds. The van der Waals surface area contributed by atoms with Crippen LogP contribution < -0.4 is 10.6 Å². The van der Waals surface area contributed by atoms with Gasteiger partial charge in [-0.05, 0) is 61.5 Å². The van der Waals surface area contributed by atoms with Gasteiger partial charge in [0.05, 0.1) is 0 Å². The average Bonchev–Trinajstić information content (AvgIpc) is 3.25. The summed E-state index contributed by atoms with van der Waals surface area (Å²) in [5.74, 6) is 0.786. The van der Waals surface area contributed by atoms with E-state index >= 15 is 0 Å². The standard InChI is InChI=1S/C24H35N5/c1-20-5-2-3-7-23(20)17-28-11-8-21(9-12-28)15-29(18-24-14-26-19-27-24)16-22-6-4-10-25-13-22/h2-7,10,13,21,24,26-27H,8-9,11-12,14-19H2,1H3. The fourth-order valence-electron chi connectivity index (χ4n) is 4.65. The molecule has 2 saturated heterocycles. The minimum atomic E-state index is 0.549. The van der Waals surface area contributed by atoms with Crippen LogP contribution in [0.15, 0.2) is 48.8 Å². The van der Waals surface area contributed by atoms with Gasteiger partial charge in [-0.1, -0.05) is 30.3 Å². The largest absolute Gasteiger partial charge is 0.303 e. The maximum atomic E-state index is 4.31. The second-order valence-corrected chi connectivity index (χ2v) is 8.73. The summed E-state index contributed by atoms with van der Waals surface area (Å²) in [4.78, 5) is 9.59. The van der Waals surface area contributed by atoms with E-state index in [1.807, 2.05) is 18.5 Å². The molecule has 2 N–H and O–H groups in total. The van der Waals surface area contributed by atoms with Crippen LogP contribution in [0.5, 0.6) is 0 Å². The number of benzene rings is 1. The number of hydrogen-bond acceptors (Lipinski definition) is 5. The molecule has 156 valence electrons. The van der Waals surface area contributed by atoms with Crippen LogP contribution in [-0.4, -0.2) is 60.2 Å². The molecule has 1 aromatic heterocycles. The number of nitrogens with zero attached hydrogens (tertiary/aromatic N) is 3. The van der Waals surface area contributed by atoms with Crippen molar-refractivity contribution in [2.75, 3.05) is 39.4 Å². The highest BCUT2D eigenvalue weighted by Crippen LogP contribution is 2.22. The van der Waals surface area contributed by atoms with Crippen molar-refractivity contribution in [1.29, 1.82) is 0 Å². The maximum Gasteiger partial charge on any atom is 0.0457 e. The molecule has 5 nitrogen and oxygen atoms in total. The summed E-state index contributed by atoms with van der Waals surface area (Å²) in [6.07, 6.45) is 6.47. The van der Waals surface area contributed by atoms with E-state index in [2.05, 4.69) is 62.7 Å². The third kappa shape index (κ3) is 6.09. The van der Waals surface area contributed by atoms with Crippen LogP contribution >= 0.6 is 0 Å². The summed E-state index contributed by atoms with van der Waals surface area (Å²) >= 11 is 0. The van der Waals surface area contributed by atoms with Crippen LogP contribution in [0, 0.1) is 12.8 Å². The number of pyridine rings is 1. The fraction of sp³-hybridized carbons (Fsp3) is 0.542. The van der Waals surface area contributed by atoms with Crippen molar-refractivity contribution in [3.63, 3.8) is 0 Å². The first-order chi connectivity index (χ1) is 14.3. The molecule has 1 aromatic carbocycles. The summed E-state index contributed by atoms with van der Waals surface area (Å²) in [6.45, 7) is 11.0. The molecule has 1 unspecified atom stereocenters. The molecule has 2 fully saturated rings. The van der Waals surface area contributed by atoms with E-state index in [1.54, 1.807) is 0 Å². The molecule has 1 atom stereocenters. The molecule has 0 spiro atoms. The Morgan fingerprint density at radius 1 is 1.10 bits per heavy atom. The van der Waals surface area contributed by atoms with E-state index in [4.69, 9.17) is 0 Å². The van der Waals surface area contributed by atoms with Crippen LogP contribution in [0.2, 0.25) is 0 Å². The molecule has 0 saturated carbocycles. The van der Waals surface area contributed by atoms with Crippen molar-refractivity contribution >= 4 is 0 Å². The van der Waals surface area contributed by atoms with Crippen molar-refractivity contribution in [2.45, 2.75) is 38.9 Å². The zero-order chi connectivity index (χ0) is 19.9. The second kappa shape index (κ2) is 10.3. The fourth-order valence-corrected chi connectivity index (χ4v) is 4.65. The van der Waals surface area contributed by atoms with Crippen molar-refractivity contribution in [2.24, 2.45) is 5.92 Å². The van der Waals surface area contributed by atoms with Gasteiger partial charge in [0, 0.05) is 57.8 Å². The van der Waals surface area contributed by atoms with E-state index < -0.39 is 0 Å². The Balaban J connectivity index is 1.30. The van der Waals surface area contributed by atoms with E-state index in [1.165, 1.54) is 49.2 Å². The van der Waals surface area contributed by atoms with Crippen molar-refractivity contribution < 1.29 is 0 Å². The molecule has 2 aliphatic rings. The SMILES string of the molecule is Cc1ccccc1CN1CCC(CN(Cc2cccnc2)CC2CNCN2)CC1. The Labute approximate surface area is 175 Å². The van der Waals surface area contributed by atoms with E-state index in [0.29, 0.717) is 6.04 Å². The lowest BCUT2D eigenvalue weighted by atomic mass is 9.95. The van der Waals surface area contributed by atoms with Crippen molar-refractivity contribution in [1.82, 2.24) is 25.4 Å². The Morgan fingerprint density at radius 3 is 2.69 bits per heavy atom. The van der Waals surface area contributed by atoms with Gasteiger partial charge in [0.25, 0.3) is 0 Å². The summed E-state index contributed by atoms with van der Waals surface area (Å²) in [7, 11) is 0. The van der Waals surface area contributed by atoms with Crippen LogP contribution in [0.1, 0.15) is 29.5 Å². The summed E-state index contributed by atoms with van der Waals surface area (Å²) in [5, 5.41) is 6.99. The Kier molecular flexibility index (Phi) is 7.28. The molecule has 0 bridgehead atoms. The first kappa shape index (κ1) is 20.5. The van der Waals surface area contributed by atoms with Gasteiger partial charge in [0.2, 0.25) is 0 Å². The number of aryl methyl sites for hydroxylation is 1. The van der Waals surface area contributed by atoms with Gasteiger partial charge in [0.15, 0.2) is 0 Å². The number of rotatable bonds is 8. The quantitative estimate of drug-likeness (QED) is 0.722.